The van der Waals surface area contributed by atoms with E-state index in [-0.39, 0.29) is 54.2 Å². The Kier molecular flexibility index (Phi) is 6.57. The first-order chi connectivity index (χ1) is 15.4. The minimum absolute atomic E-state index is 0.00102. The maximum absolute atomic E-state index is 13.3. The van der Waals surface area contributed by atoms with Gasteiger partial charge in [-0.1, -0.05) is 46.4 Å². The van der Waals surface area contributed by atoms with Crippen molar-refractivity contribution in [2.24, 2.45) is 0 Å². The van der Waals surface area contributed by atoms with Gasteiger partial charge in [0.2, 0.25) is 0 Å². The number of hydrogen-bond acceptors (Lipinski definition) is 5. The number of fused-ring (bicyclic) bond motifs is 6. The molecule has 0 fully saturated rings. The Morgan fingerprint density at radius 3 is 1.70 bits per heavy atom. The highest BCUT2D eigenvalue weighted by atomic mass is 131. The van der Waals surface area contributed by atoms with Gasteiger partial charge >= 0.3 is 5.97 Å². The smallest absolute Gasteiger partial charge is 0.341 e. The molecular weight excluding hydrogens is 986 g/mol. The molecular formula is C20H4Cl4I4O5. The van der Waals surface area contributed by atoms with Gasteiger partial charge in [0.25, 0.3) is 0 Å². The normalized spacial score (nSPS) is 15.1. The first kappa shape index (κ1) is 25.3. The van der Waals surface area contributed by atoms with Crippen LogP contribution in [-0.2, 0) is 10.3 Å². The zero-order chi connectivity index (χ0) is 24.1. The van der Waals surface area contributed by atoms with Gasteiger partial charge in [-0.2, -0.15) is 0 Å². The summed E-state index contributed by atoms with van der Waals surface area (Å²) in [7, 11) is 0. The fraction of sp³-hybridized carbons (Fsp3) is 0.0500. The summed E-state index contributed by atoms with van der Waals surface area (Å²) in [6, 6.07) is 3.30. The van der Waals surface area contributed by atoms with Crippen LogP contribution in [0.15, 0.2) is 12.1 Å². The summed E-state index contributed by atoms with van der Waals surface area (Å²) in [4.78, 5) is 13.3. The lowest BCUT2D eigenvalue weighted by Gasteiger charge is -2.38. The average molecular weight is 990 g/mol. The number of ether oxygens (including phenoxy) is 2. The molecule has 170 valence electrons. The molecule has 2 heterocycles. The van der Waals surface area contributed by atoms with Crippen LogP contribution in [0.2, 0.25) is 20.1 Å². The number of rotatable bonds is 0. The third-order valence-electron chi connectivity index (χ3n) is 5.33. The Morgan fingerprint density at radius 1 is 0.758 bits per heavy atom. The molecule has 0 radical (unpaired) electrons. The summed E-state index contributed by atoms with van der Waals surface area (Å²) in [6.45, 7) is 0. The van der Waals surface area contributed by atoms with E-state index in [0.717, 1.165) is 0 Å². The van der Waals surface area contributed by atoms with Crippen molar-refractivity contribution in [1.82, 2.24) is 0 Å². The number of benzene rings is 3. The van der Waals surface area contributed by atoms with Gasteiger partial charge in [0, 0.05) is 5.56 Å². The standard InChI is InChI=1S/C20H4Cl4I4O5/c21-9-7-8(10(22)12(24)11(9)23)20(33-19(7)31)3-1-5(25)15(29)13(27)17(3)32-18-4(20)2-6(26)16(30)14(18)28/h1-2,29-30H/i25+4,26+4,27+4,28+4. The summed E-state index contributed by atoms with van der Waals surface area (Å²) >= 11 is 33.7. The van der Waals surface area contributed by atoms with Gasteiger partial charge in [-0.25, -0.2) is 4.79 Å². The largest absolute Gasteiger partial charge is 0.506 e. The van der Waals surface area contributed by atoms with Crippen LogP contribution in [0.25, 0.3) is 0 Å². The van der Waals surface area contributed by atoms with Crippen molar-refractivity contribution in [3.63, 3.8) is 0 Å². The highest BCUT2D eigenvalue weighted by molar-refractivity contribution is 14.1. The monoisotopic (exact) mass is 988 g/mol. The third-order valence-corrected chi connectivity index (χ3v) is 10.8. The van der Waals surface area contributed by atoms with Crippen LogP contribution in [0.5, 0.6) is 23.0 Å². The van der Waals surface area contributed by atoms with Crippen LogP contribution in [0.3, 0.4) is 0 Å². The number of hydrogen-bond donors (Lipinski definition) is 2. The lowest BCUT2D eigenvalue weighted by Crippen LogP contribution is -2.34. The van der Waals surface area contributed by atoms with Crippen molar-refractivity contribution in [3.05, 3.63) is 68.8 Å². The molecule has 0 aromatic heterocycles. The summed E-state index contributed by atoms with van der Waals surface area (Å²) in [5, 5.41) is 21.0. The van der Waals surface area contributed by atoms with Crippen molar-refractivity contribution in [2.45, 2.75) is 5.60 Å². The Bertz CT molecular complexity index is 1400. The SMILES string of the molecule is O=C1OC2(c3cc([131I])c(O)c([131I])c3Oc3c2cc([131I])c(O)c3[131I])c2c(Cl)c(Cl)c(Cl)c(Cl)c21. The molecule has 33 heavy (non-hydrogen) atoms. The van der Waals surface area contributed by atoms with E-state index >= 15 is 0 Å². The van der Waals surface area contributed by atoms with E-state index in [0.29, 0.717) is 25.4 Å². The number of esters is 1. The predicted molar refractivity (Wildman–Crippen MR) is 159 cm³/mol. The molecule has 3 aromatic carbocycles. The summed E-state index contributed by atoms with van der Waals surface area (Å²) in [5.41, 5.74) is -0.574. The van der Waals surface area contributed by atoms with Gasteiger partial charge in [0.05, 0.1) is 51.1 Å². The molecule has 0 atom stereocenters. The van der Waals surface area contributed by atoms with Crippen LogP contribution in [0, 0.1) is 14.3 Å². The maximum Gasteiger partial charge on any atom is 0.341 e. The summed E-state index contributed by atoms with van der Waals surface area (Å²) in [5.74, 6) is -0.246. The molecule has 2 N–H and O–H groups in total. The van der Waals surface area contributed by atoms with E-state index in [1.807, 2.05) is 90.4 Å². The molecule has 0 aliphatic carbocycles. The molecule has 0 bridgehead atoms. The second kappa shape index (κ2) is 8.58. The van der Waals surface area contributed by atoms with E-state index in [9.17, 15) is 15.0 Å². The number of phenolic OH excluding ortho intramolecular Hbond substituents is 2. The summed E-state index contributed by atoms with van der Waals surface area (Å²) in [6.07, 6.45) is 0. The van der Waals surface area contributed by atoms with Crippen LogP contribution < -0.4 is 4.74 Å². The molecule has 13 heteroatoms. The van der Waals surface area contributed by atoms with Gasteiger partial charge in [-0.05, 0) is 102 Å². The van der Waals surface area contributed by atoms with Gasteiger partial charge in [-0.15, -0.1) is 0 Å². The minimum atomic E-state index is -1.62. The zero-order valence-electron chi connectivity index (χ0n) is 15.3. The number of aromatic hydroxyl groups is 2. The lowest BCUT2D eigenvalue weighted by atomic mass is 9.77. The van der Waals surface area contributed by atoms with Crippen LogP contribution in [-0.4, -0.2) is 16.2 Å². The first-order valence-electron chi connectivity index (χ1n) is 8.63. The first-order valence-corrected chi connectivity index (χ1v) is 14.5. The molecule has 0 saturated heterocycles. The maximum atomic E-state index is 13.3. The van der Waals surface area contributed by atoms with Crippen LogP contribution >= 0.6 is 137 Å². The van der Waals surface area contributed by atoms with Gasteiger partial charge in [-0.3, -0.25) is 0 Å². The Labute approximate surface area is 261 Å². The molecule has 0 unspecified atom stereocenters. The zero-order valence-corrected chi connectivity index (χ0v) is 27.0. The highest BCUT2D eigenvalue weighted by Crippen LogP contribution is 2.63. The Balaban J connectivity index is 2.05. The van der Waals surface area contributed by atoms with E-state index in [1.165, 1.54) is 0 Å². The van der Waals surface area contributed by atoms with Crippen molar-refractivity contribution < 1.29 is 24.5 Å². The molecule has 1 spiro atoms. The third kappa shape index (κ3) is 3.34. The van der Waals surface area contributed by atoms with E-state index in [1.54, 1.807) is 12.1 Å². The minimum Gasteiger partial charge on any atom is -0.506 e. The van der Waals surface area contributed by atoms with E-state index in [4.69, 9.17) is 55.9 Å². The van der Waals surface area contributed by atoms with Gasteiger partial charge < -0.3 is 19.7 Å². The summed E-state index contributed by atoms with van der Waals surface area (Å²) < 4.78 is 14.1. The van der Waals surface area contributed by atoms with Crippen molar-refractivity contribution in [3.8, 4) is 23.0 Å². The Morgan fingerprint density at radius 2 is 1.21 bits per heavy atom. The average Bonchev–Trinajstić information content (AvgIpc) is 3.08. The quantitative estimate of drug-likeness (QED) is 0.102. The second-order valence-corrected chi connectivity index (χ2v) is 13.0. The van der Waals surface area contributed by atoms with Crippen LogP contribution in [0.4, 0.5) is 0 Å². The molecule has 0 amide bonds. The fourth-order valence-corrected chi connectivity index (χ4v) is 8.57. The second-order valence-electron chi connectivity index (χ2n) is 6.97. The highest BCUT2D eigenvalue weighted by Gasteiger charge is 2.58. The van der Waals surface area contributed by atoms with Gasteiger partial charge in [0.15, 0.2) is 17.1 Å². The number of halogens is 8. The predicted octanol–water partition coefficient (Wildman–Crippen LogP) is 8.70. The van der Waals surface area contributed by atoms with Crippen molar-refractivity contribution >= 4 is 143 Å². The van der Waals surface area contributed by atoms with Gasteiger partial charge in [0.1, 0.15) is 11.5 Å². The number of carbonyl (C=O) groups excluding carboxylic acids is 1. The number of phenols is 2. The van der Waals surface area contributed by atoms with Crippen molar-refractivity contribution in [2.75, 3.05) is 0 Å². The molecule has 0 saturated carbocycles. The fourth-order valence-electron chi connectivity index (χ4n) is 3.93. The molecule has 5 rings (SSSR count). The molecule has 3 aromatic rings. The molecule has 2 aliphatic heterocycles. The number of carbonyl (C=O) groups is 1. The molecule has 2 aliphatic rings. The topological polar surface area (TPSA) is 76.0 Å². The van der Waals surface area contributed by atoms with E-state index < -0.39 is 11.6 Å². The lowest BCUT2D eigenvalue weighted by molar-refractivity contribution is 0.0223. The van der Waals surface area contributed by atoms with Crippen LogP contribution in [0.1, 0.15) is 27.0 Å². The Hall–Kier alpha value is 0.610. The molecule has 5 nitrogen and oxygen atoms in total. The van der Waals surface area contributed by atoms with E-state index in [2.05, 4.69) is 0 Å². The van der Waals surface area contributed by atoms with Crippen molar-refractivity contribution in [1.29, 1.82) is 0 Å².